The molecule has 0 atom stereocenters. The van der Waals surface area contributed by atoms with Gasteiger partial charge in [-0.15, -0.1) is 0 Å². The summed E-state index contributed by atoms with van der Waals surface area (Å²) in [6.07, 6.45) is 0. The minimum Gasteiger partial charge on any atom is -0.494 e. The van der Waals surface area contributed by atoms with Crippen LogP contribution in [0, 0.1) is 6.92 Å². The largest absolute Gasteiger partial charge is 0.494 e. The van der Waals surface area contributed by atoms with Crippen LogP contribution in [0.5, 0.6) is 5.75 Å². The summed E-state index contributed by atoms with van der Waals surface area (Å²) in [6, 6.07) is 13.9. The number of carbonyl (C=O) groups excluding carboxylic acids is 1. The lowest BCUT2D eigenvalue weighted by Gasteiger charge is -2.10. The normalized spacial score (nSPS) is 11.1. The predicted octanol–water partition coefficient (Wildman–Crippen LogP) is 4.13. The van der Waals surface area contributed by atoms with Gasteiger partial charge in [-0.1, -0.05) is 24.3 Å². The topological polar surface area (TPSA) is 54.7 Å². The molecule has 0 bridgehead atoms. The summed E-state index contributed by atoms with van der Waals surface area (Å²) < 4.78 is 11.3. The van der Waals surface area contributed by atoms with Gasteiger partial charge in [0.2, 0.25) is 0 Å². The van der Waals surface area contributed by atoms with E-state index in [0.29, 0.717) is 24.5 Å². The van der Waals surface area contributed by atoms with Crippen LogP contribution in [-0.2, 0) is 13.1 Å². The minimum absolute atomic E-state index is 0.209. The smallest absolute Gasteiger partial charge is 0.287 e. The molecule has 0 saturated carbocycles. The van der Waals surface area contributed by atoms with E-state index in [9.17, 15) is 4.79 Å². The van der Waals surface area contributed by atoms with Crippen LogP contribution in [0.15, 0.2) is 46.9 Å². The van der Waals surface area contributed by atoms with Gasteiger partial charge in [-0.2, -0.15) is 0 Å². The summed E-state index contributed by atoms with van der Waals surface area (Å²) in [5.41, 5.74) is 3.81. The van der Waals surface area contributed by atoms with Crippen molar-refractivity contribution in [2.45, 2.75) is 26.9 Å². The Kier molecular flexibility index (Phi) is 5.81. The van der Waals surface area contributed by atoms with E-state index in [1.165, 1.54) is 5.56 Å². The number of amides is 1. The molecule has 0 fully saturated rings. The number of aryl methyl sites for hydroxylation is 1. The van der Waals surface area contributed by atoms with E-state index < -0.39 is 0 Å². The van der Waals surface area contributed by atoms with Crippen molar-refractivity contribution in [3.8, 4) is 5.75 Å². The van der Waals surface area contributed by atoms with Crippen LogP contribution in [0.25, 0.3) is 11.0 Å². The number of ether oxygens (including phenoxy) is 1. The van der Waals surface area contributed by atoms with Crippen LogP contribution in [0.4, 0.5) is 0 Å². The zero-order valence-corrected chi connectivity index (χ0v) is 16.3. The van der Waals surface area contributed by atoms with Gasteiger partial charge in [0.1, 0.15) is 11.3 Å². The molecular weight excluding hydrogens is 340 g/mol. The van der Waals surface area contributed by atoms with E-state index >= 15 is 0 Å². The highest BCUT2D eigenvalue weighted by atomic mass is 16.5. The molecule has 0 radical (unpaired) electrons. The molecule has 5 nitrogen and oxygen atoms in total. The van der Waals surface area contributed by atoms with Gasteiger partial charge >= 0.3 is 0 Å². The van der Waals surface area contributed by atoms with E-state index in [1.54, 1.807) is 0 Å². The van der Waals surface area contributed by atoms with Gasteiger partial charge in [0.05, 0.1) is 6.61 Å². The average Bonchev–Trinajstić information content (AvgIpc) is 2.97. The third-order valence-electron chi connectivity index (χ3n) is 4.40. The second-order valence-corrected chi connectivity index (χ2v) is 6.88. The fraction of sp³-hybridized carbons (Fsp3) is 0.318. The fourth-order valence-electron chi connectivity index (χ4n) is 3.06. The number of carbonyl (C=O) groups is 1. The maximum Gasteiger partial charge on any atom is 0.287 e. The Labute approximate surface area is 159 Å². The van der Waals surface area contributed by atoms with Crippen molar-refractivity contribution in [2.75, 3.05) is 20.7 Å². The van der Waals surface area contributed by atoms with Crippen molar-refractivity contribution in [3.05, 3.63) is 64.9 Å². The van der Waals surface area contributed by atoms with Gasteiger partial charge < -0.3 is 19.4 Å². The van der Waals surface area contributed by atoms with Crippen molar-refractivity contribution >= 4 is 16.9 Å². The molecule has 142 valence electrons. The summed E-state index contributed by atoms with van der Waals surface area (Å²) in [7, 11) is 4.09. The molecular formula is C22H26N2O3. The van der Waals surface area contributed by atoms with Gasteiger partial charge in [-0.3, -0.25) is 4.79 Å². The fourth-order valence-corrected chi connectivity index (χ4v) is 3.06. The molecule has 1 amide bonds. The standard InChI is InChI=1S/C22H26N2O3/c1-5-26-18-10-11-20-19(12-18)15(2)21(27-20)22(25)23-13-16-6-8-17(9-7-16)14-24(3)4/h6-12H,5,13-14H2,1-4H3,(H,23,25). The number of furan rings is 1. The molecule has 1 N–H and O–H groups in total. The quantitative estimate of drug-likeness (QED) is 0.683. The van der Waals surface area contributed by atoms with Crippen molar-refractivity contribution in [2.24, 2.45) is 0 Å². The van der Waals surface area contributed by atoms with Crippen molar-refractivity contribution < 1.29 is 13.9 Å². The SMILES string of the molecule is CCOc1ccc2oc(C(=O)NCc3ccc(CN(C)C)cc3)c(C)c2c1. The van der Waals surface area contributed by atoms with Crippen molar-refractivity contribution in [3.63, 3.8) is 0 Å². The van der Waals surface area contributed by atoms with Crippen LogP contribution in [-0.4, -0.2) is 31.5 Å². The summed E-state index contributed by atoms with van der Waals surface area (Å²) in [6.45, 7) is 5.80. The Morgan fingerprint density at radius 3 is 2.48 bits per heavy atom. The zero-order chi connectivity index (χ0) is 19.4. The van der Waals surface area contributed by atoms with E-state index in [-0.39, 0.29) is 5.91 Å². The predicted molar refractivity (Wildman–Crippen MR) is 107 cm³/mol. The first-order valence-electron chi connectivity index (χ1n) is 9.14. The van der Waals surface area contributed by atoms with Gasteiger partial charge in [-0.05, 0) is 57.3 Å². The average molecular weight is 366 g/mol. The molecule has 0 spiro atoms. The maximum atomic E-state index is 12.6. The highest BCUT2D eigenvalue weighted by molar-refractivity contribution is 5.99. The first-order valence-corrected chi connectivity index (χ1v) is 9.14. The van der Waals surface area contributed by atoms with Crippen molar-refractivity contribution in [1.29, 1.82) is 0 Å². The Bertz CT molecular complexity index is 927. The highest BCUT2D eigenvalue weighted by Gasteiger charge is 2.18. The molecule has 27 heavy (non-hydrogen) atoms. The lowest BCUT2D eigenvalue weighted by molar-refractivity contribution is 0.0924. The summed E-state index contributed by atoms with van der Waals surface area (Å²) in [5.74, 6) is 0.917. The zero-order valence-electron chi connectivity index (χ0n) is 16.3. The molecule has 0 aliphatic carbocycles. The van der Waals surface area contributed by atoms with Crippen LogP contribution in [0.2, 0.25) is 0 Å². The molecule has 3 rings (SSSR count). The van der Waals surface area contributed by atoms with Gasteiger partial charge in [0, 0.05) is 24.0 Å². The minimum atomic E-state index is -0.209. The van der Waals surface area contributed by atoms with Crippen LogP contribution in [0.3, 0.4) is 0 Å². The van der Waals surface area contributed by atoms with Crippen molar-refractivity contribution in [1.82, 2.24) is 10.2 Å². The molecule has 0 unspecified atom stereocenters. The van der Waals surface area contributed by atoms with Crippen LogP contribution in [0.1, 0.15) is 34.2 Å². The second-order valence-electron chi connectivity index (χ2n) is 6.88. The maximum absolute atomic E-state index is 12.6. The van der Waals surface area contributed by atoms with Gasteiger partial charge in [0.25, 0.3) is 5.91 Å². The number of benzene rings is 2. The summed E-state index contributed by atoms with van der Waals surface area (Å²) in [4.78, 5) is 14.7. The third-order valence-corrected chi connectivity index (χ3v) is 4.40. The molecule has 1 heterocycles. The molecule has 2 aromatic carbocycles. The van der Waals surface area contributed by atoms with E-state index in [0.717, 1.165) is 28.8 Å². The molecule has 0 aliphatic heterocycles. The van der Waals surface area contributed by atoms with E-state index in [4.69, 9.17) is 9.15 Å². The van der Waals surface area contributed by atoms with Gasteiger partial charge in [0.15, 0.2) is 5.76 Å². The molecule has 3 aromatic rings. The molecule has 1 aromatic heterocycles. The Balaban J connectivity index is 1.69. The first kappa shape index (κ1) is 19.0. The summed E-state index contributed by atoms with van der Waals surface area (Å²) in [5, 5.41) is 3.84. The number of nitrogens with zero attached hydrogens (tertiary/aromatic N) is 1. The molecule has 0 saturated heterocycles. The molecule has 5 heteroatoms. The number of rotatable bonds is 7. The number of nitrogens with one attached hydrogen (secondary N) is 1. The van der Waals surface area contributed by atoms with Crippen LogP contribution >= 0.6 is 0 Å². The monoisotopic (exact) mass is 366 g/mol. The van der Waals surface area contributed by atoms with Gasteiger partial charge in [-0.25, -0.2) is 0 Å². The molecule has 0 aliphatic rings. The Hall–Kier alpha value is -2.79. The van der Waals surface area contributed by atoms with E-state index in [1.807, 2.05) is 58.3 Å². The third kappa shape index (κ3) is 4.49. The van der Waals surface area contributed by atoms with E-state index in [2.05, 4.69) is 22.3 Å². The Morgan fingerprint density at radius 1 is 1.11 bits per heavy atom. The number of fused-ring (bicyclic) bond motifs is 1. The highest BCUT2D eigenvalue weighted by Crippen LogP contribution is 2.29. The number of hydrogen-bond acceptors (Lipinski definition) is 4. The van der Waals surface area contributed by atoms with Crippen LogP contribution < -0.4 is 10.1 Å². The Morgan fingerprint density at radius 2 is 1.81 bits per heavy atom. The lowest BCUT2D eigenvalue weighted by atomic mass is 10.1. The second kappa shape index (κ2) is 8.27. The lowest BCUT2D eigenvalue weighted by Crippen LogP contribution is -2.23. The number of hydrogen-bond donors (Lipinski definition) is 1. The first-order chi connectivity index (χ1) is 13.0. The summed E-state index contributed by atoms with van der Waals surface area (Å²) >= 11 is 0.